The molecule has 0 spiro atoms. The summed E-state index contributed by atoms with van der Waals surface area (Å²) >= 11 is 0. The molecule has 0 bridgehead atoms. The summed E-state index contributed by atoms with van der Waals surface area (Å²) in [5.74, 6) is 1.10. The first kappa shape index (κ1) is 13.2. The SMILES string of the molecule is Cl.c1cc2c(c(NCC3=NCCN3)c1)CCCC2. The van der Waals surface area contributed by atoms with Gasteiger partial charge in [-0.15, -0.1) is 12.4 Å². The van der Waals surface area contributed by atoms with E-state index in [9.17, 15) is 0 Å². The van der Waals surface area contributed by atoms with Crippen molar-refractivity contribution in [3.63, 3.8) is 0 Å². The number of amidine groups is 1. The normalized spacial score (nSPS) is 17.2. The zero-order valence-electron chi connectivity index (χ0n) is 10.5. The van der Waals surface area contributed by atoms with E-state index in [1.165, 1.54) is 42.5 Å². The van der Waals surface area contributed by atoms with Crippen molar-refractivity contribution in [2.24, 2.45) is 4.99 Å². The first-order valence-electron chi connectivity index (χ1n) is 6.55. The molecule has 0 amide bonds. The van der Waals surface area contributed by atoms with E-state index >= 15 is 0 Å². The molecular formula is C14H20ClN3. The second-order valence-electron chi connectivity index (χ2n) is 4.76. The molecule has 0 saturated carbocycles. The number of aliphatic imine (C=N–C) groups is 1. The van der Waals surface area contributed by atoms with Crippen LogP contribution in [0.25, 0.3) is 0 Å². The van der Waals surface area contributed by atoms with Crippen LogP contribution >= 0.6 is 12.4 Å². The van der Waals surface area contributed by atoms with Gasteiger partial charge in [0.2, 0.25) is 0 Å². The molecule has 18 heavy (non-hydrogen) atoms. The third-order valence-electron chi connectivity index (χ3n) is 3.59. The summed E-state index contributed by atoms with van der Waals surface area (Å²) < 4.78 is 0. The molecule has 1 aliphatic carbocycles. The molecule has 0 unspecified atom stereocenters. The molecule has 0 aromatic heterocycles. The van der Waals surface area contributed by atoms with Crippen molar-refractivity contribution in [3.05, 3.63) is 29.3 Å². The Balaban J connectivity index is 0.00000120. The number of hydrogen-bond donors (Lipinski definition) is 2. The second-order valence-corrected chi connectivity index (χ2v) is 4.76. The molecule has 2 aliphatic rings. The fraction of sp³-hybridized carbons (Fsp3) is 0.500. The molecule has 0 radical (unpaired) electrons. The third kappa shape index (κ3) is 2.78. The van der Waals surface area contributed by atoms with Crippen LogP contribution < -0.4 is 10.6 Å². The summed E-state index contributed by atoms with van der Waals surface area (Å²) in [6.45, 7) is 2.74. The number of anilines is 1. The average Bonchev–Trinajstić information content (AvgIpc) is 2.89. The van der Waals surface area contributed by atoms with Gasteiger partial charge in [0.1, 0.15) is 5.84 Å². The molecule has 3 rings (SSSR count). The Kier molecular flexibility index (Phi) is 4.48. The summed E-state index contributed by atoms with van der Waals surface area (Å²) in [6, 6.07) is 6.63. The zero-order valence-corrected chi connectivity index (χ0v) is 11.4. The molecule has 4 heteroatoms. The van der Waals surface area contributed by atoms with Crippen molar-refractivity contribution in [2.45, 2.75) is 25.7 Å². The van der Waals surface area contributed by atoms with Crippen molar-refractivity contribution in [1.82, 2.24) is 5.32 Å². The highest BCUT2D eigenvalue weighted by atomic mass is 35.5. The molecule has 98 valence electrons. The van der Waals surface area contributed by atoms with E-state index in [2.05, 4.69) is 33.8 Å². The van der Waals surface area contributed by atoms with E-state index in [1.54, 1.807) is 0 Å². The number of nitrogens with one attached hydrogen (secondary N) is 2. The van der Waals surface area contributed by atoms with Crippen molar-refractivity contribution in [1.29, 1.82) is 0 Å². The van der Waals surface area contributed by atoms with Gasteiger partial charge in [-0.05, 0) is 42.9 Å². The van der Waals surface area contributed by atoms with E-state index in [0.717, 1.165) is 25.5 Å². The summed E-state index contributed by atoms with van der Waals surface area (Å²) in [6.07, 6.45) is 5.12. The summed E-state index contributed by atoms with van der Waals surface area (Å²) in [4.78, 5) is 4.41. The predicted molar refractivity (Wildman–Crippen MR) is 79.1 cm³/mol. The van der Waals surface area contributed by atoms with Gasteiger partial charge in [0.15, 0.2) is 0 Å². The maximum atomic E-state index is 4.41. The molecule has 3 nitrogen and oxygen atoms in total. The second kappa shape index (κ2) is 6.10. The Morgan fingerprint density at radius 2 is 2.11 bits per heavy atom. The van der Waals surface area contributed by atoms with Crippen molar-refractivity contribution in [3.8, 4) is 0 Å². The van der Waals surface area contributed by atoms with Crippen molar-refractivity contribution >= 4 is 23.9 Å². The van der Waals surface area contributed by atoms with E-state index in [1.807, 2.05) is 0 Å². The largest absolute Gasteiger partial charge is 0.378 e. The topological polar surface area (TPSA) is 36.4 Å². The number of halogens is 1. The number of hydrogen-bond acceptors (Lipinski definition) is 3. The van der Waals surface area contributed by atoms with Crippen molar-refractivity contribution < 1.29 is 0 Å². The summed E-state index contributed by atoms with van der Waals surface area (Å²) in [5, 5.41) is 6.82. The lowest BCUT2D eigenvalue weighted by molar-refractivity contribution is 0.686. The maximum absolute atomic E-state index is 4.41. The van der Waals surface area contributed by atoms with Crippen LogP contribution in [0, 0.1) is 0 Å². The van der Waals surface area contributed by atoms with Gasteiger partial charge in [0.25, 0.3) is 0 Å². The number of rotatable bonds is 3. The molecule has 0 atom stereocenters. The Morgan fingerprint density at radius 1 is 1.22 bits per heavy atom. The molecule has 1 aromatic carbocycles. The fourth-order valence-electron chi connectivity index (χ4n) is 2.69. The van der Waals surface area contributed by atoms with Crippen molar-refractivity contribution in [2.75, 3.05) is 25.0 Å². The maximum Gasteiger partial charge on any atom is 0.116 e. The van der Waals surface area contributed by atoms with E-state index < -0.39 is 0 Å². The van der Waals surface area contributed by atoms with Crippen LogP contribution in [-0.4, -0.2) is 25.5 Å². The Morgan fingerprint density at radius 3 is 2.94 bits per heavy atom. The minimum absolute atomic E-state index is 0. The van der Waals surface area contributed by atoms with Gasteiger partial charge in [0.05, 0.1) is 13.1 Å². The number of benzene rings is 1. The highest BCUT2D eigenvalue weighted by Crippen LogP contribution is 2.27. The van der Waals surface area contributed by atoms with Crippen LogP contribution in [0.3, 0.4) is 0 Å². The first-order valence-corrected chi connectivity index (χ1v) is 6.55. The molecule has 0 saturated heterocycles. The summed E-state index contributed by atoms with van der Waals surface area (Å²) in [5.41, 5.74) is 4.36. The highest BCUT2D eigenvalue weighted by Gasteiger charge is 2.13. The average molecular weight is 266 g/mol. The van der Waals surface area contributed by atoms with Crippen LogP contribution in [0.5, 0.6) is 0 Å². The van der Waals surface area contributed by atoms with Gasteiger partial charge < -0.3 is 10.6 Å². The lowest BCUT2D eigenvalue weighted by Gasteiger charge is -2.20. The molecular weight excluding hydrogens is 246 g/mol. The van der Waals surface area contributed by atoms with Crippen LogP contribution in [0.15, 0.2) is 23.2 Å². The lowest BCUT2D eigenvalue weighted by atomic mass is 9.90. The zero-order chi connectivity index (χ0) is 11.5. The van der Waals surface area contributed by atoms with Gasteiger partial charge in [-0.1, -0.05) is 12.1 Å². The predicted octanol–water partition coefficient (Wildman–Crippen LogP) is 2.40. The number of fused-ring (bicyclic) bond motifs is 1. The minimum Gasteiger partial charge on any atom is -0.378 e. The van der Waals surface area contributed by atoms with Crippen LogP contribution in [0.4, 0.5) is 5.69 Å². The molecule has 1 heterocycles. The highest BCUT2D eigenvalue weighted by molar-refractivity contribution is 5.87. The Labute approximate surface area is 114 Å². The van der Waals surface area contributed by atoms with Crippen LogP contribution in [-0.2, 0) is 12.8 Å². The molecule has 0 fully saturated rings. The van der Waals surface area contributed by atoms with Gasteiger partial charge in [-0.25, -0.2) is 0 Å². The molecule has 2 N–H and O–H groups in total. The first-order chi connectivity index (χ1) is 8.43. The quantitative estimate of drug-likeness (QED) is 0.881. The number of aryl methyl sites for hydroxylation is 1. The third-order valence-corrected chi connectivity index (χ3v) is 3.59. The monoisotopic (exact) mass is 265 g/mol. The fourth-order valence-corrected chi connectivity index (χ4v) is 2.69. The standard InChI is InChI=1S/C14H19N3.ClH/c1-2-6-12-11(4-1)5-3-7-13(12)17-10-14-15-8-9-16-14;/h3,5,7,17H,1-2,4,6,8-10H2,(H,15,16);1H. The smallest absolute Gasteiger partial charge is 0.116 e. The molecule has 1 aromatic rings. The van der Waals surface area contributed by atoms with E-state index in [-0.39, 0.29) is 12.4 Å². The van der Waals surface area contributed by atoms with E-state index in [0.29, 0.717) is 0 Å². The Bertz CT molecular complexity index is 443. The lowest BCUT2D eigenvalue weighted by Crippen LogP contribution is -2.26. The number of nitrogens with zero attached hydrogens (tertiary/aromatic N) is 1. The van der Waals surface area contributed by atoms with Crippen LogP contribution in [0.2, 0.25) is 0 Å². The Hall–Kier alpha value is -1.22. The van der Waals surface area contributed by atoms with Crippen LogP contribution in [0.1, 0.15) is 24.0 Å². The molecule has 1 aliphatic heterocycles. The summed E-state index contributed by atoms with van der Waals surface area (Å²) in [7, 11) is 0. The van der Waals surface area contributed by atoms with Gasteiger partial charge in [0, 0.05) is 12.2 Å². The minimum atomic E-state index is 0. The van der Waals surface area contributed by atoms with E-state index in [4.69, 9.17) is 0 Å². The van der Waals surface area contributed by atoms with Gasteiger partial charge in [-0.3, -0.25) is 4.99 Å². The van der Waals surface area contributed by atoms with Gasteiger partial charge in [-0.2, -0.15) is 0 Å². The van der Waals surface area contributed by atoms with Gasteiger partial charge >= 0.3 is 0 Å².